The third-order valence-corrected chi connectivity index (χ3v) is 3.58. The Labute approximate surface area is 88.7 Å². The standard InChI is InChI=1S/C12H15FN2/c13-12(5-9(14)6-12)11-10-4-2-1-3-8(10)7-15-11/h1-4,9,11,15H,5-7,14H2. The molecule has 0 saturated heterocycles. The fraction of sp³-hybridized carbons (Fsp3) is 0.500. The molecule has 80 valence electrons. The first-order chi connectivity index (χ1) is 7.19. The Hall–Kier alpha value is -0.930. The summed E-state index contributed by atoms with van der Waals surface area (Å²) in [5.41, 5.74) is 6.89. The van der Waals surface area contributed by atoms with Crippen LogP contribution in [0.4, 0.5) is 4.39 Å². The number of benzene rings is 1. The van der Waals surface area contributed by atoms with Crippen molar-refractivity contribution in [3.8, 4) is 0 Å². The minimum absolute atomic E-state index is 0.0459. The molecule has 1 heterocycles. The summed E-state index contributed by atoms with van der Waals surface area (Å²) in [5.74, 6) is 0. The normalized spacial score (nSPS) is 38.5. The third kappa shape index (κ3) is 1.30. The molecule has 0 amide bonds. The summed E-state index contributed by atoms with van der Waals surface area (Å²) in [7, 11) is 0. The molecule has 0 radical (unpaired) electrons. The van der Waals surface area contributed by atoms with Crippen LogP contribution in [0.3, 0.4) is 0 Å². The maximum Gasteiger partial charge on any atom is 0.133 e. The zero-order valence-corrected chi connectivity index (χ0v) is 8.54. The first-order valence-corrected chi connectivity index (χ1v) is 5.45. The molecular formula is C12H15FN2. The highest BCUT2D eigenvalue weighted by molar-refractivity contribution is 5.36. The molecule has 2 nitrogen and oxygen atoms in total. The number of rotatable bonds is 1. The van der Waals surface area contributed by atoms with Gasteiger partial charge in [-0.1, -0.05) is 24.3 Å². The van der Waals surface area contributed by atoms with Crippen molar-refractivity contribution in [1.82, 2.24) is 5.32 Å². The third-order valence-electron chi connectivity index (χ3n) is 3.58. The lowest BCUT2D eigenvalue weighted by atomic mass is 9.71. The van der Waals surface area contributed by atoms with E-state index in [9.17, 15) is 4.39 Å². The van der Waals surface area contributed by atoms with Gasteiger partial charge >= 0.3 is 0 Å². The van der Waals surface area contributed by atoms with Gasteiger partial charge in [0.2, 0.25) is 0 Å². The molecule has 0 bridgehead atoms. The van der Waals surface area contributed by atoms with Crippen molar-refractivity contribution in [2.24, 2.45) is 5.73 Å². The molecular weight excluding hydrogens is 191 g/mol. The van der Waals surface area contributed by atoms with Crippen LogP contribution in [0.1, 0.15) is 30.0 Å². The summed E-state index contributed by atoms with van der Waals surface area (Å²) in [6, 6.07) is 7.95. The van der Waals surface area contributed by atoms with Crippen LogP contribution >= 0.6 is 0 Å². The molecule has 3 rings (SSSR count). The molecule has 2 aliphatic rings. The summed E-state index contributed by atoms with van der Waals surface area (Å²) in [6.07, 6.45) is 0.970. The van der Waals surface area contributed by atoms with E-state index in [0.717, 1.165) is 12.1 Å². The van der Waals surface area contributed by atoms with Crippen LogP contribution in [0.2, 0.25) is 0 Å². The highest BCUT2D eigenvalue weighted by atomic mass is 19.1. The van der Waals surface area contributed by atoms with Gasteiger partial charge in [0.15, 0.2) is 0 Å². The average molecular weight is 206 g/mol. The molecule has 1 aromatic rings. The van der Waals surface area contributed by atoms with Crippen molar-refractivity contribution in [2.75, 3.05) is 0 Å². The van der Waals surface area contributed by atoms with Gasteiger partial charge in [0.1, 0.15) is 5.67 Å². The number of alkyl halides is 1. The SMILES string of the molecule is NC1CC(F)(C2NCc3ccccc32)C1. The van der Waals surface area contributed by atoms with Crippen molar-refractivity contribution in [2.45, 2.75) is 37.1 Å². The van der Waals surface area contributed by atoms with Gasteiger partial charge in [0.05, 0.1) is 6.04 Å². The van der Waals surface area contributed by atoms with Gasteiger partial charge in [0, 0.05) is 12.6 Å². The Kier molecular flexibility index (Phi) is 1.88. The van der Waals surface area contributed by atoms with Crippen LogP contribution in [-0.2, 0) is 6.54 Å². The van der Waals surface area contributed by atoms with Crippen molar-refractivity contribution in [3.05, 3.63) is 35.4 Å². The van der Waals surface area contributed by atoms with E-state index in [2.05, 4.69) is 11.4 Å². The Bertz CT molecular complexity index is 385. The molecule has 0 spiro atoms. The molecule has 1 aliphatic heterocycles. The van der Waals surface area contributed by atoms with Gasteiger partial charge < -0.3 is 11.1 Å². The van der Waals surface area contributed by atoms with Gasteiger partial charge in [-0.05, 0) is 24.0 Å². The number of hydrogen-bond acceptors (Lipinski definition) is 2. The van der Waals surface area contributed by atoms with Crippen molar-refractivity contribution < 1.29 is 4.39 Å². The molecule has 1 saturated carbocycles. The van der Waals surface area contributed by atoms with Gasteiger partial charge in [-0.3, -0.25) is 0 Å². The second-order valence-electron chi connectivity index (χ2n) is 4.72. The number of nitrogens with two attached hydrogens (primary N) is 1. The molecule has 1 atom stereocenters. The lowest BCUT2D eigenvalue weighted by Gasteiger charge is -2.43. The fourth-order valence-corrected chi connectivity index (χ4v) is 2.81. The Morgan fingerprint density at radius 1 is 1.33 bits per heavy atom. The smallest absolute Gasteiger partial charge is 0.133 e. The number of nitrogens with one attached hydrogen (secondary N) is 1. The highest BCUT2D eigenvalue weighted by Crippen LogP contribution is 2.47. The van der Waals surface area contributed by atoms with Crippen LogP contribution in [0.25, 0.3) is 0 Å². The van der Waals surface area contributed by atoms with Gasteiger partial charge in [-0.2, -0.15) is 0 Å². The van der Waals surface area contributed by atoms with Crippen molar-refractivity contribution >= 4 is 0 Å². The molecule has 1 aromatic carbocycles. The zero-order valence-electron chi connectivity index (χ0n) is 8.54. The number of halogens is 1. The van der Waals surface area contributed by atoms with Gasteiger partial charge in [0.25, 0.3) is 0 Å². The number of fused-ring (bicyclic) bond motifs is 1. The molecule has 3 heteroatoms. The van der Waals surface area contributed by atoms with E-state index in [1.807, 2.05) is 18.2 Å². The molecule has 1 fully saturated rings. The summed E-state index contributed by atoms with van der Waals surface area (Å²) in [6.45, 7) is 0.780. The van der Waals surface area contributed by atoms with Crippen LogP contribution < -0.4 is 11.1 Å². The largest absolute Gasteiger partial charge is 0.327 e. The minimum atomic E-state index is -1.12. The van der Waals surface area contributed by atoms with Crippen LogP contribution in [0, 0.1) is 0 Å². The van der Waals surface area contributed by atoms with Gasteiger partial charge in [-0.25, -0.2) is 4.39 Å². The minimum Gasteiger partial charge on any atom is -0.327 e. The second kappa shape index (κ2) is 3.03. The Morgan fingerprint density at radius 2 is 2.07 bits per heavy atom. The van der Waals surface area contributed by atoms with Crippen molar-refractivity contribution in [1.29, 1.82) is 0 Å². The van der Waals surface area contributed by atoms with E-state index in [1.165, 1.54) is 5.56 Å². The van der Waals surface area contributed by atoms with E-state index < -0.39 is 5.67 Å². The molecule has 1 aliphatic carbocycles. The predicted octanol–water partition coefficient (Wildman–Crippen LogP) is 1.66. The van der Waals surface area contributed by atoms with E-state index >= 15 is 0 Å². The first-order valence-electron chi connectivity index (χ1n) is 5.45. The van der Waals surface area contributed by atoms with Crippen LogP contribution in [0.5, 0.6) is 0 Å². The van der Waals surface area contributed by atoms with E-state index in [-0.39, 0.29) is 12.1 Å². The van der Waals surface area contributed by atoms with E-state index in [1.54, 1.807) is 0 Å². The zero-order chi connectivity index (χ0) is 10.5. The summed E-state index contributed by atoms with van der Waals surface area (Å²) in [5, 5.41) is 3.25. The van der Waals surface area contributed by atoms with E-state index in [0.29, 0.717) is 12.8 Å². The van der Waals surface area contributed by atoms with Crippen molar-refractivity contribution in [3.63, 3.8) is 0 Å². The quantitative estimate of drug-likeness (QED) is 0.733. The Morgan fingerprint density at radius 3 is 2.80 bits per heavy atom. The van der Waals surface area contributed by atoms with Gasteiger partial charge in [-0.15, -0.1) is 0 Å². The lowest BCUT2D eigenvalue weighted by Crippen LogP contribution is -2.54. The molecule has 0 aromatic heterocycles. The predicted molar refractivity (Wildman–Crippen MR) is 57.1 cm³/mol. The van der Waals surface area contributed by atoms with Crippen LogP contribution in [-0.4, -0.2) is 11.7 Å². The first kappa shape index (κ1) is 9.31. The fourth-order valence-electron chi connectivity index (χ4n) is 2.81. The van der Waals surface area contributed by atoms with Crippen LogP contribution in [0.15, 0.2) is 24.3 Å². The maximum absolute atomic E-state index is 14.4. The molecule has 1 unspecified atom stereocenters. The summed E-state index contributed by atoms with van der Waals surface area (Å²) < 4.78 is 14.4. The highest BCUT2D eigenvalue weighted by Gasteiger charge is 2.51. The summed E-state index contributed by atoms with van der Waals surface area (Å²) >= 11 is 0. The molecule has 3 N–H and O–H groups in total. The second-order valence-corrected chi connectivity index (χ2v) is 4.72. The summed E-state index contributed by atoms with van der Waals surface area (Å²) in [4.78, 5) is 0. The lowest BCUT2D eigenvalue weighted by molar-refractivity contribution is 0.00668. The monoisotopic (exact) mass is 206 g/mol. The average Bonchev–Trinajstić information content (AvgIpc) is 2.59. The topological polar surface area (TPSA) is 38.0 Å². The maximum atomic E-state index is 14.4. The van der Waals surface area contributed by atoms with E-state index in [4.69, 9.17) is 5.73 Å². The number of hydrogen-bond donors (Lipinski definition) is 2. The Balaban J connectivity index is 1.91. The molecule has 15 heavy (non-hydrogen) atoms.